The number of halogens is 1. The molecule has 0 bridgehead atoms. The van der Waals surface area contributed by atoms with Crippen LogP contribution in [0.25, 0.3) is 0 Å². The number of furan rings is 1. The normalized spacial score (nSPS) is 16.6. The summed E-state index contributed by atoms with van der Waals surface area (Å²) in [6, 6.07) is 2.02. The van der Waals surface area contributed by atoms with Crippen molar-refractivity contribution >= 4 is 17.5 Å². The molecule has 1 aromatic heterocycles. The quantitative estimate of drug-likeness (QED) is 0.813. The zero-order chi connectivity index (χ0) is 11.5. The highest BCUT2D eigenvalue weighted by molar-refractivity contribution is 6.32. The molecule has 0 spiro atoms. The van der Waals surface area contributed by atoms with Crippen molar-refractivity contribution in [2.75, 3.05) is 6.54 Å². The van der Waals surface area contributed by atoms with Crippen molar-refractivity contribution in [3.8, 4) is 0 Å². The molecular weight excluding hydrogens is 226 g/mol. The van der Waals surface area contributed by atoms with Crippen molar-refractivity contribution < 1.29 is 9.21 Å². The summed E-state index contributed by atoms with van der Waals surface area (Å²) in [5, 5.41) is 0.196. The van der Waals surface area contributed by atoms with Crippen LogP contribution in [0, 0.1) is 0 Å². The van der Waals surface area contributed by atoms with Crippen molar-refractivity contribution in [1.29, 1.82) is 0 Å². The summed E-state index contributed by atoms with van der Waals surface area (Å²) in [6.45, 7) is 2.73. The van der Waals surface area contributed by atoms with E-state index in [9.17, 15) is 4.79 Å². The highest BCUT2D eigenvalue weighted by Crippen LogP contribution is 2.26. The summed E-state index contributed by atoms with van der Waals surface area (Å²) in [7, 11) is 0. The molecule has 88 valence electrons. The van der Waals surface area contributed by atoms with E-state index in [4.69, 9.17) is 16.0 Å². The zero-order valence-electron chi connectivity index (χ0n) is 9.41. The molecule has 0 atom stereocenters. The Hall–Kier alpha value is -0.960. The molecule has 3 nitrogen and oxygen atoms in total. The Morgan fingerprint density at radius 3 is 2.75 bits per heavy atom. The Kier molecular flexibility index (Phi) is 3.54. The summed E-state index contributed by atoms with van der Waals surface area (Å²) in [5.41, 5.74) is 0.482. The lowest BCUT2D eigenvalue weighted by Crippen LogP contribution is -2.38. The average molecular weight is 242 g/mol. The fourth-order valence-corrected chi connectivity index (χ4v) is 2.58. The SMILES string of the molecule is CCN(C(=O)c1ccoc1Cl)C1CCCC1. The molecule has 0 aromatic carbocycles. The Balaban J connectivity index is 2.15. The summed E-state index contributed by atoms with van der Waals surface area (Å²) < 4.78 is 4.96. The molecule has 1 fully saturated rings. The standard InChI is InChI=1S/C12H16ClNO2/c1-2-14(9-5-3-4-6-9)12(15)10-7-8-16-11(10)13/h7-9H,2-6H2,1H3. The van der Waals surface area contributed by atoms with Crippen molar-refractivity contribution in [2.24, 2.45) is 0 Å². The van der Waals surface area contributed by atoms with Crippen LogP contribution in [-0.2, 0) is 0 Å². The maximum atomic E-state index is 12.2. The summed E-state index contributed by atoms with van der Waals surface area (Å²) in [5.74, 6) is -0.00634. The topological polar surface area (TPSA) is 33.5 Å². The number of rotatable bonds is 3. The fraction of sp³-hybridized carbons (Fsp3) is 0.583. The lowest BCUT2D eigenvalue weighted by atomic mass is 10.2. The lowest BCUT2D eigenvalue weighted by molar-refractivity contribution is 0.0693. The van der Waals surface area contributed by atoms with Crippen LogP contribution < -0.4 is 0 Å². The molecule has 1 saturated carbocycles. The summed E-state index contributed by atoms with van der Waals surface area (Å²) >= 11 is 5.83. The molecule has 0 radical (unpaired) electrons. The van der Waals surface area contributed by atoms with E-state index < -0.39 is 0 Å². The van der Waals surface area contributed by atoms with Crippen LogP contribution >= 0.6 is 11.6 Å². The molecule has 1 amide bonds. The fourth-order valence-electron chi connectivity index (χ4n) is 2.38. The number of carbonyl (C=O) groups is 1. The van der Waals surface area contributed by atoms with Crippen LogP contribution in [0.5, 0.6) is 0 Å². The first-order valence-electron chi connectivity index (χ1n) is 5.78. The van der Waals surface area contributed by atoms with Crippen molar-refractivity contribution in [3.63, 3.8) is 0 Å². The van der Waals surface area contributed by atoms with Crippen molar-refractivity contribution in [2.45, 2.75) is 38.6 Å². The Labute approximate surface area is 100 Å². The number of nitrogens with zero attached hydrogens (tertiary/aromatic N) is 1. The maximum absolute atomic E-state index is 12.2. The Morgan fingerprint density at radius 1 is 1.56 bits per heavy atom. The van der Waals surface area contributed by atoms with Gasteiger partial charge in [-0.25, -0.2) is 0 Å². The van der Waals surface area contributed by atoms with Gasteiger partial charge in [-0.2, -0.15) is 0 Å². The van der Waals surface area contributed by atoms with Gasteiger partial charge in [0.1, 0.15) is 0 Å². The second-order valence-electron chi connectivity index (χ2n) is 4.14. The third kappa shape index (κ3) is 2.09. The molecule has 1 aliphatic carbocycles. The van der Waals surface area contributed by atoms with Crippen LogP contribution in [-0.4, -0.2) is 23.4 Å². The second kappa shape index (κ2) is 4.91. The van der Waals surface area contributed by atoms with Gasteiger partial charge in [-0.05, 0) is 37.4 Å². The number of carbonyl (C=O) groups excluding carboxylic acids is 1. The molecular formula is C12H16ClNO2. The largest absolute Gasteiger partial charge is 0.452 e. The molecule has 0 aliphatic heterocycles. The lowest BCUT2D eigenvalue weighted by Gasteiger charge is -2.27. The maximum Gasteiger partial charge on any atom is 0.258 e. The Bertz CT molecular complexity index is 369. The van der Waals surface area contributed by atoms with Gasteiger partial charge >= 0.3 is 0 Å². The molecule has 16 heavy (non-hydrogen) atoms. The van der Waals surface area contributed by atoms with Crippen LogP contribution in [0.2, 0.25) is 5.22 Å². The Morgan fingerprint density at radius 2 is 2.25 bits per heavy atom. The van der Waals surface area contributed by atoms with Gasteiger partial charge in [0.2, 0.25) is 5.22 Å². The second-order valence-corrected chi connectivity index (χ2v) is 4.48. The molecule has 0 saturated heterocycles. The van der Waals surface area contributed by atoms with Gasteiger partial charge in [0.05, 0.1) is 11.8 Å². The van der Waals surface area contributed by atoms with E-state index in [1.165, 1.54) is 19.1 Å². The monoisotopic (exact) mass is 241 g/mol. The van der Waals surface area contributed by atoms with E-state index in [1.807, 2.05) is 11.8 Å². The highest BCUT2D eigenvalue weighted by atomic mass is 35.5. The highest BCUT2D eigenvalue weighted by Gasteiger charge is 2.27. The molecule has 1 heterocycles. The molecule has 4 heteroatoms. The first-order valence-corrected chi connectivity index (χ1v) is 6.15. The minimum atomic E-state index is -0.00634. The van der Waals surface area contributed by atoms with E-state index in [-0.39, 0.29) is 11.1 Å². The van der Waals surface area contributed by atoms with E-state index in [2.05, 4.69) is 0 Å². The van der Waals surface area contributed by atoms with Crippen LogP contribution in [0.4, 0.5) is 0 Å². The van der Waals surface area contributed by atoms with E-state index >= 15 is 0 Å². The van der Waals surface area contributed by atoms with Gasteiger partial charge in [0, 0.05) is 12.6 Å². The molecule has 2 rings (SSSR count). The van der Waals surface area contributed by atoms with E-state index in [0.717, 1.165) is 19.4 Å². The number of hydrogen-bond donors (Lipinski definition) is 0. The van der Waals surface area contributed by atoms with Gasteiger partial charge in [0.25, 0.3) is 5.91 Å². The van der Waals surface area contributed by atoms with Gasteiger partial charge in [-0.15, -0.1) is 0 Å². The predicted octanol–water partition coefficient (Wildman–Crippen LogP) is 3.34. The predicted molar refractivity (Wildman–Crippen MR) is 62.7 cm³/mol. The van der Waals surface area contributed by atoms with Crippen LogP contribution in [0.3, 0.4) is 0 Å². The van der Waals surface area contributed by atoms with E-state index in [1.54, 1.807) is 6.07 Å². The first-order chi connectivity index (χ1) is 7.74. The zero-order valence-corrected chi connectivity index (χ0v) is 10.2. The molecule has 0 N–H and O–H groups in total. The van der Waals surface area contributed by atoms with Gasteiger partial charge in [-0.3, -0.25) is 4.79 Å². The van der Waals surface area contributed by atoms with Crippen LogP contribution in [0.15, 0.2) is 16.7 Å². The third-order valence-electron chi connectivity index (χ3n) is 3.22. The molecule has 1 aromatic rings. The van der Waals surface area contributed by atoms with Gasteiger partial charge in [-0.1, -0.05) is 12.8 Å². The summed E-state index contributed by atoms with van der Waals surface area (Å²) in [4.78, 5) is 14.1. The molecule has 0 unspecified atom stereocenters. The first kappa shape index (κ1) is 11.5. The van der Waals surface area contributed by atoms with Crippen molar-refractivity contribution in [3.05, 3.63) is 23.1 Å². The third-order valence-corrected chi connectivity index (χ3v) is 3.51. The summed E-state index contributed by atoms with van der Waals surface area (Å²) in [6.07, 6.45) is 6.10. The average Bonchev–Trinajstić information content (AvgIpc) is 2.90. The van der Waals surface area contributed by atoms with Crippen LogP contribution in [0.1, 0.15) is 43.0 Å². The number of amides is 1. The van der Waals surface area contributed by atoms with Gasteiger partial charge < -0.3 is 9.32 Å². The van der Waals surface area contributed by atoms with Crippen molar-refractivity contribution in [1.82, 2.24) is 4.90 Å². The number of hydrogen-bond acceptors (Lipinski definition) is 2. The smallest absolute Gasteiger partial charge is 0.258 e. The molecule has 1 aliphatic rings. The minimum Gasteiger partial charge on any atom is -0.452 e. The minimum absolute atomic E-state index is 0.00634. The van der Waals surface area contributed by atoms with Gasteiger partial charge in [0.15, 0.2) is 0 Å². The van der Waals surface area contributed by atoms with E-state index in [0.29, 0.717) is 11.6 Å².